The van der Waals surface area contributed by atoms with E-state index in [1.54, 1.807) is 0 Å². The van der Waals surface area contributed by atoms with Crippen LogP contribution in [0.1, 0.15) is 30.3 Å². The van der Waals surface area contributed by atoms with Crippen molar-refractivity contribution in [1.29, 1.82) is 0 Å². The molecular formula is C18H15Cl2F6N3O2. The molecule has 1 aliphatic rings. The van der Waals surface area contributed by atoms with Crippen molar-refractivity contribution in [3.63, 3.8) is 0 Å². The van der Waals surface area contributed by atoms with E-state index in [1.165, 1.54) is 6.07 Å². The highest BCUT2D eigenvalue weighted by atomic mass is 35.5. The Kier molecular flexibility index (Phi) is 6.25. The molecule has 4 rings (SSSR count). The number of nitrogens with zero attached hydrogens (tertiary/aromatic N) is 2. The van der Waals surface area contributed by atoms with Gasteiger partial charge < -0.3 is 14.3 Å². The van der Waals surface area contributed by atoms with E-state index in [0.29, 0.717) is 25.9 Å². The number of piperidine rings is 1. The fraction of sp³-hybridized carbons (Fsp3) is 0.444. The van der Waals surface area contributed by atoms with Crippen LogP contribution in [0.3, 0.4) is 0 Å². The van der Waals surface area contributed by atoms with Crippen LogP contribution in [0, 0.1) is 0 Å². The van der Waals surface area contributed by atoms with Gasteiger partial charge >= 0.3 is 12.4 Å². The maximum atomic E-state index is 13.4. The van der Waals surface area contributed by atoms with Gasteiger partial charge in [0.25, 0.3) is 0 Å². The molecule has 0 unspecified atom stereocenters. The average Bonchev–Trinajstić information content (AvgIpc) is 3.02. The first kappa shape index (κ1) is 23.7. The van der Waals surface area contributed by atoms with Gasteiger partial charge in [0.1, 0.15) is 23.3 Å². The molecule has 2 aromatic heterocycles. The van der Waals surface area contributed by atoms with E-state index in [-0.39, 0.29) is 44.6 Å². The highest BCUT2D eigenvalue weighted by Crippen LogP contribution is 2.39. The van der Waals surface area contributed by atoms with E-state index in [4.69, 9.17) is 16.0 Å². The van der Waals surface area contributed by atoms with Gasteiger partial charge in [-0.25, -0.2) is 4.98 Å². The van der Waals surface area contributed by atoms with E-state index in [2.05, 4.69) is 10.3 Å². The van der Waals surface area contributed by atoms with Crippen LogP contribution in [-0.4, -0.2) is 28.8 Å². The zero-order valence-corrected chi connectivity index (χ0v) is 17.1. The Balaban J connectivity index is 0.00000272. The monoisotopic (exact) mass is 489 g/mol. The van der Waals surface area contributed by atoms with Crippen molar-refractivity contribution in [2.24, 2.45) is 0 Å². The van der Waals surface area contributed by atoms with Gasteiger partial charge in [-0.3, -0.25) is 4.79 Å². The topological polar surface area (TPSA) is 60.1 Å². The second kappa shape index (κ2) is 8.18. The molecule has 0 amide bonds. The molecule has 13 heteroatoms. The summed E-state index contributed by atoms with van der Waals surface area (Å²) in [5, 5.41) is 2.55. The number of hydrogen-bond acceptors (Lipinski definition) is 4. The minimum atomic E-state index is -5.17. The summed E-state index contributed by atoms with van der Waals surface area (Å²) in [6, 6.07) is 2.29. The normalized spacial score (nSPS) is 16.1. The molecule has 0 saturated carbocycles. The third-order valence-corrected chi connectivity index (χ3v) is 5.30. The van der Waals surface area contributed by atoms with Gasteiger partial charge in [-0.2, -0.15) is 26.3 Å². The molecule has 0 atom stereocenters. The molecule has 1 saturated heterocycles. The van der Waals surface area contributed by atoms with Gasteiger partial charge in [0, 0.05) is 12.0 Å². The first-order valence-electron chi connectivity index (χ1n) is 8.97. The summed E-state index contributed by atoms with van der Waals surface area (Å²) in [5.41, 5.74) is -2.09. The molecule has 3 heterocycles. The lowest BCUT2D eigenvalue weighted by molar-refractivity contribution is -0.160. The summed E-state index contributed by atoms with van der Waals surface area (Å²) in [4.78, 5) is 16.0. The summed E-state index contributed by atoms with van der Waals surface area (Å²) in [6.07, 6.45) is -8.93. The van der Waals surface area contributed by atoms with Crippen molar-refractivity contribution in [1.82, 2.24) is 14.9 Å². The summed E-state index contributed by atoms with van der Waals surface area (Å²) < 4.78 is 85.4. The van der Waals surface area contributed by atoms with Gasteiger partial charge in [0.05, 0.1) is 10.4 Å². The van der Waals surface area contributed by atoms with E-state index < -0.39 is 41.2 Å². The number of benzene rings is 1. The number of aromatic nitrogens is 2. The van der Waals surface area contributed by atoms with Crippen LogP contribution >= 0.6 is 24.0 Å². The van der Waals surface area contributed by atoms with E-state index in [0.717, 1.165) is 6.07 Å². The second-order valence-electron chi connectivity index (χ2n) is 7.10. The zero-order valence-electron chi connectivity index (χ0n) is 15.5. The van der Waals surface area contributed by atoms with Crippen LogP contribution in [0.5, 0.6) is 0 Å². The van der Waals surface area contributed by atoms with Crippen molar-refractivity contribution in [3.05, 3.63) is 39.0 Å². The number of hydrogen-bond donors (Lipinski definition) is 1. The summed E-state index contributed by atoms with van der Waals surface area (Å²) >= 11 is 5.99. The Labute approximate surface area is 181 Å². The molecule has 170 valence electrons. The Bertz CT molecular complexity index is 1180. The number of imidazole rings is 1. The molecule has 0 aliphatic carbocycles. The van der Waals surface area contributed by atoms with E-state index in [9.17, 15) is 31.1 Å². The van der Waals surface area contributed by atoms with Crippen LogP contribution in [0.15, 0.2) is 21.3 Å². The summed E-state index contributed by atoms with van der Waals surface area (Å²) in [6.45, 7) is -0.672. The lowest BCUT2D eigenvalue weighted by Crippen LogP contribution is -2.27. The number of alkyl halides is 6. The van der Waals surface area contributed by atoms with Gasteiger partial charge in [0.2, 0.25) is 5.82 Å². The Hall–Kier alpha value is -1.98. The zero-order chi connectivity index (χ0) is 21.8. The summed E-state index contributed by atoms with van der Waals surface area (Å²) in [5.74, 6) is -1.74. The van der Waals surface area contributed by atoms with Crippen LogP contribution in [0.2, 0.25) is 5.02 Å². The molecular weight excluding hydrogens is 475 g/mol. The molecule has 1 aliphatic heterocycles. The van der Waals surface area contributed by atoms with Crippen LogP contribution < -0.4 is 10.7 Å². The van der Waals surface area contributed by atoms with Crippen LogP contribution in [0.4, 0.5) is 26.3 Å². The first-order chi connectivity index (χ1) is 14.0. The smallest absolute Gasteiger partial charge is 0.449 e. The van der Waals surface area contributed by atoms with Crippen molar-refractivity contribution in [2.75, 3.05) is 13.1 Å². The molecule has 0 bridgehead atoms. The van der Waals surface area contributed by atoms with Crippen molar-refractivity contribution < 1.29 is 30.8 Å². The lowest BCUT2D eigenvalue weighted by Gasteiger charge is -2.22. The Morgan fingerprint density at radius 2 is 1.81 bits per heavy atom. The third-order valence-electron chi connectivity index (χ3n) is 5.02. The quantitative estimate of drug-likeness (QED) is 0.498. The third kappa shape index (κ3) is 4.49. The Morgan fingerprint density at radius 3 is 2.39 bits per heavy atom. The molecule has 5 nitrogen and oxygen atoms in total. The predicted molar refractivity (Wildman–Crippen MR) is 104 cm³/mol. The summed E-state index contributed by atoms with van der Waals surface area (Å²) in [7, 11) is 0. The second-order valence-corrected chi connectivity index (χ2v) is 7.51. The molecule has 1 fully saturated rings. The maximum absolute atomic E-state index is 13.4. The Morgan fingerprint density at radius 1 is 1.16 bits per heavy atom. The SMILES string of the molecule is Cl.O=c1cc(C2CCNCC2)oc2c1cc(Cl)c1nc(C(F)(F)F)n(CC(F)(F)F)c12. The number of fused-ring (bicyclic) bond motifs is 3. The molecule has 1 N–H and O–H groups in total. The van der Waals surface area contributed by atoms with Crippen molar-refractivity contribution in [2.45, 2.75) is 37.7 Å². The lowest BCUT2D eigenvalue weighted by atomic mass is 9.95. The van der Waals surface area contributed by atoms with Gasteiger partial charge in [-0.1, -0.05) is 11.6 Å². The van der Waals surface area contributed by atoms with Crippen LogP contribution in [0.25, 0.3) is 22.0 Å². The standard InChI is InChI=1S/C18H14ClF6N3O2.ClH/c19-10-5-9-11(29)6-12(8-1-3-26-4-2-8)30-15(9)14-13(10)27-16(18(23,24)25)28(14)7-17(20,21)22;/h5-6,8,26H,1-4,7H2;1H. The average molecular weight is 490 g/mol. The number of rotatable bonds is 2. The molecule has 0 radical (unpaired) electrons. The molecule has 3 aromatic rings. The molecule has 31 heavy (non-hydrogen) atoms. The van der Waals surface area contributed by atoms with Crippen molar-refractivity contribution in [3.8, 4) is 0 Å². The number of nitrogens with one attached hydrogen (secondary N) is 1. The highest BCUT2D eigenvalue weighted by molar-refractivity contribution is 6.36. The van der Waals surface area contributed by atoms with E-state index >= 15 is 0 Å². The van der Waals surface area contributed by atoms with Gasteiger partial charge in [0.15, 0.2) is 11.0 Å². The maximum Gasteiger partial charge on any atom is 0.449 e. The fourth-order valence-electron chi connectivity index (χ4n) is 3.74. The molecule has 0 spiro atoms. The number of halogens is 8. The minimum Gasteiger partial charge on any atom is -0.458 e. The predicted octanol–water partition coefficient (Wildman–Crippen LogP) is 5.27. The van der Waals surface area contributed by atoms with E-state index in [1.807, 2.05) is 0 Å². The van der Waals surface area contributed by atoms with Gasteiger partial charge in [-0.05, 0) is 32.0 Å². The molecule has 1 aromatic carbocycles. The van der Waals surface area contributed by atoms with Crippen LogP contribution in [-0.2, 0) is 12.7 Å². The largest absolute Gasteiger partial charge is 0.458 e. The highest BCUT2D eigenvalue weighted by Gasteiger charge is 2.42. The van der Waals surface area contributed by atoms with Gasteiger partial charge in [-0.15, -0.1) is 12.4 Å². The fourth-order valence-corrected chi connectivity index (χ4v) is 3.98. The minimum absolute atomic E-state index is 0. The first-order valence-corrected chi connectivity index (χ1v) is 9.34. The van der Waals surface area contributed by atoms with Crippen molar-refractivity contribution >= 4 is 46.0 Å².